The Morgan fingerprint density at radius 2 is 2.11 bits per heavy atom. The number of hydrogen-bond acceptors (Lipinski definition) is 4. The van der Waals surface area contributed by atoms with Gasteiger partial charge in [0.2, 0.25) is 5.89 Å². The van der Waals surface area contributed by atoms with Gasteiger partial charge in [-0.3, -0.25) is 0 Å². The Hall–Kier alpha value is -1.68. The van der Waals surface area contributed by atoms with Crippen molar-refractivity contribution < 1.29 is 4.52 Å². The number of aromatic nitrogens is 2. The zero-order valence-electron chi connectivity index (χ0n) is 10.6. The van der Waals surface area contributed by atoms with Gasteiger partial charge in [-0.25, -0.2) is 0 Å². The smallest absolute Gasteiger partial charge is 0.243 e. The van der Waals surface area contributed by atoms with Gasteiger partial charge in [-0.2, -0.15) is 4.98 Å². The molecule has 18 heavy (non-hydrogen) atoms. The molecule has 3 rings (SSSR count). The van der Waals surface area contributed by atoms with Crippen molar-refractivity contribution in [2.24, 2.45) is 11.7 Å². The maximum atomic E-state index is 6.01. The van der Waals surface area contributed by atoms with E-state index < -0.39 is 0 Å². The Morgan fingerprint density at radius 3 is 2.83 bits per heavy atom. The van der Waals surface area contributed by atoms with Gasteiger partial charge in [-0.15, -0.1) is 0 Å². The third kappa shape index (κ3) is 1.73. The van der Waals surface area contributed by atoms with Gasteiger partial charge in [-0.05, 0) is 23.5 Å². The third-order valence-electron chi connectivity index (χ3n) is 3.63. The summed E-state index contributed by atoms with van der Waals surface area (Å²) >= 11 is 0. The molecule has 1 heterocycles. The molecule has 1 aromatic carbocycles. The SMILES string of the molecule is CC(C)[C@H](N)c1nc(C2Cc3ccccc32)no1. The Kier molecular flexibility index (Phi) is 2.67. The van der Waals surface area contributed by atoms with Crippen LogP contribution in [0, 0.1) is 5.92 Å². The lowest BCUT2D eigenvalue weighted by Gasteiger charge is -2.27. The summed E-state index contributed by atoms with van der Waals surface area (Å²) in [6.07, 6.45) is 0.992. The van der Waals surface area contributed by atoms with E-state index in [0.29, 0.717) is 11.8 Å². The van der Waals surface area contributed by atoms with E-state index in [9.17, 15) is 0 Å². The molecule has 4 heteroatoms. The van der Waals surface area contributed by atoms with Crippen LogP contribution in [0.5, 0.6) is 0 Å². The minimum absolute atomic E-state index is 0.179. The standard InChI is InChI=1S/C14H17N3O/c1-8(2)12(15)14-16-13(17-18-14)11-7-9-5-3-4-6-10(9)11/h3-6,8,11-12H,7,15H2,1-2H3/t11?,12-/m0/s1. The monoisotopic (exact) mass is 243 g/mol. The van der Waals surface area contributed by atoms with Gasteiger partial charge < -0.3 is 10.3 Å². The third-order valence-corrected chi connectivity index (χ3v) is 3.63. The predicted octanol–water partition coefficient (Wildman–Crippen LogP) is 2.41. The molecule has 0 radical (unpaired) electrons. The summed E-state index contributed by atoms with van der Waals surface area (Å²) in [5.41, 5.74) is 8.69. The summed E-state index contributed by atoms with van der Waals surface area (Å²) in [4.78, 5) is 4.45. The average molecular weight is 243 g/mol. The fourth-order valence-corrected chi connectivity index (χ4v) is 2.30. The molecule has 2 aromatic rings. The van der Waals surface area contributed by atoms with Crippen molar-refractivity contribution in [1.29, 1.82) is 0 Å². The number of nitrogens with zero attached hydrogens (tertiary/aromatic N) is 2. The van der Waals surface area contributed by atoms with Gasteiger partial charge in [-0.1, -0.05) is 43.3 Å². The van der Waals surface area contributed by atoms with Crippen molar-refractivity contribution in [3.8, 4) is 0 Å². The van der Waals surface area contributed by atoms with E-state index in [1.165, 1.54) is 11.1 Å². The predicted molar refractivity (Wildman–Crippen MR) is 68.1 cm³/mol. The first-order valence-corrected chi connectivity index (χ1v) is 6.33. The molecule has 1 aliphatic carbocycles. The molecule has 0 bridgehead atoms. The Morgan fingerprint density at radius 1 is 1.33 bits per heavy atom. The van der Waals surface area contributed by atoms with Crippen molar-refractivity contribution >= 4 is 0 Å². The summed E-state index contributed by atoms with van der Waals surface area (Å²) in [6.45, 7) is 4.10. The molecule has 0 spiro atoms. The van der Waals surface area contributed by atoms with E-state index in [2.05, 4.69) is 28.3 Å². The molecule has 0 aliphatic heterocycles. The summed E-state index contributed by atoms with van der Waals surface area (Å²) in [5.74, 6) is 1.88. The topological polar surface area (TPSA) is 64.9 Å². The largest absolute Gasteiger partial charge is 0.338 e. The number of nitrogens with two attached hydrogens (primary N) is 1. The van der Waals surface area contributed by atoms with Crippen LogP contribution in [0.15, 0.2) is 28.8 Å². The first-order chi connectivity index (χ1) is 8.66. The van der Waals surface area contributed by atoms with Crippen molar-refractivity contribution in [3.63, 3.8) is 0 Å². The Bertz CT molecular complexity index is 562. The fourth-order valence-electron chi connectivity index (χ4n) is 2.30. The fraction of sp³-hybridized carbons (Fsp3) is 0.429. The van der Waals surface area contributed by atoms with E-state index in [-0.39, 0.29) is 12.0 Å². The van der Waals surface area contributed by atoms with E-state index in [1.54, 1.807) is 0 Å². The van der Waals surface area contributed by atoms with Crippen LogP contribution in [0.2, 0.25) is 0 Å². The average Bonchev–Trinajstić information content (AvgIpc) is 2.79. The first kappa shape index (κ1) is 11.4. The molecule has 0 saturated carbocycles. The van der Waals surface area contributed by atoms with Crippen molar-refractivity contribution in [2.75, 3.05) is 0 Å². The second kappa shape index (κ2) is 4.21. The molecular formula is C14H17N3O. The van der Waals surface area contributed by atoms with Crippen LogP contribution in [0.3, 0.4) is 0 Å². The highest BCUT2D eigenvalue weighted by atomic mass is 16.5. The molecule has 1 aliphatic rings. The second-order valence-corrected chi connectivity index (χ2v) is 5.22. The lowest BCUT2D eigenvalue weighted by Crippen LogP contribution is -2.20. The highest BCUT2D eigenvalue weighted by Crippen LogP contribution is 2.38. The summed E-state index contributed by atoms with van der Waals surface area (Å²) in [6, 6.07) is 8.20. The quantitative estimate of drug-likeness (QED) is 0.899. The first-order valence-electron chi connectivity index (χ1n) is 6.33. The maximum Gasteiger partial charge on any atom is 0.243 e. The van der Waals surface area contributed by atoms with Crippen molar-refractivity contribution in [1.82, 2.24) is 10.1 Å². The maximum absolute atomic E-state index is 6.01. The molecular weight excluding hydrogens is 226 g/mol. The van der Waals surface area contributed by atoms with Gasteiger partial charge in [0.05, 0.1) is 12.0 Å². The van der Waals surface area contributed by atoms with E-state index in [4.69, 9.17) is 10.3 Å². The summed E-state index contributed by atoms with van der Waals surface area (Å²) in [7, 11) is 0. The van der Waals surface area contributed by atoms with Crippen LogP contribution in [0.4, 0.5) is 0 Å². The number of fused-ring (bicyclic) bond motifs is 1. The molecule has 2 atom stereocenters. The van der Waals surface area contributed by atoms with Crippen LogP contribution in [0.25, 0.3) is 0 Å². The van der Waals surface area contributed by atoms with E-state index in [1.807, 2.05) is 19.9 Å². The normalized spacial score (nSPS) is 19.4. The zero-order chi connectivity index (χ0) is 12.7. The molecule has 0 fully saturated rings. The number of hydrogen-bond donors (Lipinski definition) is 1. The molecule has 0 saturated heterocycles. The van der Waals surface area contributed by atoms with Crippen LogP contribution >= 0.6 is 0 Å². The van der Waals surface area contributed by atoms with Gasteiger partial charge in [0.15, 0.2) is 5.82 Å². The van der Waals surface area contributed by atoms with Crippen LogP contribution in [0.1, 0.15) is 48.6 Å². The van der Waals surface area contributed by atoms with Gasteiger partial charge >= 0.3 is 0 Å². The van der Waals surface area contributed by atoms with E-state index in [0.717, 1.165) is 12.2 Å². The van der Waals surface area contributed by atoms with Gasteiger partial charge in [0.1, 0.15) is 0 Å². The minimum atomic E-state index is -0.179. The Labute approximate surface area is 106 Å². The molecule has 1 unspecified atom stereocenters. The molecule has 94 valence electrons. The minimum Gasteiger partial charge on any atom is -0.338 e. The van der Waals surface area contributed by atoms with Gasteiger partial charge in [0, 0.05) is 0 Å². The molecule has 2 N–H and O–H groups in total. The van der Waals surface area contributed by atoms with Crippen LogP contribution in [-0.2, 0) is 6.42 Å². The summed E-state index contributed by atoms with van der Waals surface area (Å²) in [5, 5.41) is 4.07. The zero-order valence-corrected chi connectivity index (χ0v) is 10.6. The van der Waals surface area contributed by atoms with Crippen LogP contribution < -0.4 is 5.73 Å². The van der Waals surface area contributed by atoms with Crippen molar-refractivity contribution in [3.05, 3.63) is 47.1 Å². The van der Waals surface area contributed by atoms with Gasteiger partial charge in [0.25, 0.3) is 0 Å². The lowest BCUT2D eigenvalue weighted by atomic mass is 9.77. The van der Waals surface area contributed by atoms with Crippen molar-refractivity contribution in [2.45, 2.75) is 32.2 Å². The summed E-state index contributed by atoms with van der Waals surface area (Å²) < 4.78 is 5.27. The number of benzene rings is 1. The molecule has 4 nitrogen and oxygen atoms in total. The van der Waals surface area contributed by atoms with Crippen LogP contribution in [-0.4, -0.2) is 10.1 Å². The Balaban J connectivity index is 1.84. The number of rotatable bonds is 3. The highest BCUT2D eigenvalue weighted by molar-refractivity contribution is 5.43. The van der Waals surface area contributed by atoms with E-state index >= 15 is 0 Å². The lowest BCUT2D eigenvalue weighted by molar-refractivity contribution is 0.321. The second-order valence-electron chi connectivity index (χ2n) is 5.22. The molecule has 0 amide bonds. The molecule has 1 aromatic heterocycles. The highest BCUT2D eigenvalue weighted by Gasteiger charge is 2.31.